The molecule has 8 nitrogen and oxygen atoms in total. The van der Waals surface area contributed by atoms with Crippen LogP contribution in [0.15, 0.2) is 0 Å². The minimum atomic E-state index is -2.90. The standard InChI is InChI=1S/C20H33F2N5O3/c1-24(2)17(28)15(16(23)18(29)26-9-8-20(21,22)12-26)13-4-6-14(7-5-13)27-11-10-25(3)19(27)30/h13-16H,4-12,23H2,1-3H3/t13?,14?,15-,16?/m0/s1. The second-order valence-electron chi connectivity index (χ2n) is 9.12. The van der Waals surface area contributed by atoms with Crippen LogP contribution in [0.1, 0.15) is 32.1 Å². The van der Waals surface area contributed by atoms with Crippen LogP contribution in [0.5, 0.6) is 0 Å². The van der Waals surface area contributed by atoms with E-state index in [0.29, 0.717) is 25.9 Å². The zero-order chi connectivity index (χ0) is 22.2. The molecule has 0 aromatic rings. The molecule has 4 amide bonds. The largest absolute Gasteiger partial charge is 0.349 e. The highest BCUT2D eigenvalue weighted by Crippen LogP contribution is 2.36. The van der Waals surface area contributed by atoms with Crippen LogP contribution >= 0.6 is 0 Å². The molecule has 3 rings (SSSR count). The monoisotopic (exact) mass is 429 g/mol. The lowest BCUT2D eigenvalue weighted by Crippen LogP contribution is -2.54. The average Bonchev–Trinajstić information content (AvgIpc) is 3.23. The highest BCUT2D eigenvalue weighted by molar-refractivity contribution is 5.90. The summed E-state index contributed by atoms with van der Waals surface area (Å²) in [4.78, 5) is 44.1. The van der Waals surface area contributed by atoms with Gasteiger partial charge in [-0.2, -0.15) is 0 Å². The van der Waals surface area contributed by atoms with Crippen molar-refractivity contribution in [1.82, 2.24) is 19.6 Å². The molecule has 0 aromatic heterocycles. The molecule has 170 valence electrons. The molecule has 1 saturated carbocycles. The van der Waals surface area contributed by atoms with Crippen molar-refractivity contribution >= 4 is 17.8 Å². The predicted molar refractivity (Wildman–Crippen MR) is 107 cm³/mol. The van der Waals surface area contributed by atoms with E-state index in [2.05, 4.69) is 0 Å². The van der Waals surface area contributed by atoms with Gasteiger partial charge in [-0.3, -0.25) is 9.59 Å². The molecule has 0 radical (unpaired) electrons. The third kappa shape index (κ3) is 4.53. The number of hydrogen-bond acceptors (Lipinski definition) is 4. The lowest BCUT2D eigenvalue weighted by molar-refractivity contribution is -0.144. The fourth-order valence-corrected chi connectivity index (χ4v) is 5.01. The van der Waals surface area contributed by atoms with Crippen LogP contribution in [0.4, 0.5) is 13.6 Å². The van der Waals surface area contributed by atoms with Crippen molar-refractivity contribution < 1.29 is 23.2 Å². The highest BCUT2D eigenvalue weighted by atomic mass is 19.3. The summed E-state index contributed by atoms with van der Waals surface area (Å²) in [5.74, 6) is -4.59. The van der Waals surface area contributed by atoms with E-state index in [-0.39, 0.29) is 36.9 Å². The Balaban J connectivity index is 1.68. The number of likely N-dealkylation sites (N-methyl/N-ethyl adjacent to an activating group) is 1. The Morgan fingerprint density at radius 2 is 1.77 bits per heavy atom. The van der Waals surface area contributed by atoms with Crippen molar-refractivity contribution in [1.29, 1.82) is 0 Å². The highest BCUT2D eigenvalue weighted by Gasteiger charge is 2.46. The lowest BCUT2D eigenvalue weighted by atomic mass is 9.74. The molecule has 2 N–H and O–H groups in total. The first kappa shape index (κ1) is 22.7. The summed E-state index contributed by atoms with van der Waals surface area (Å²) in [6.45, 7) is 0.728. The quantitative estimate of drug-likeness (QED) is 0.700. The second-order valence-corrected chi connectivity index (χ2v) is 9.12. The van der Waals surface area contributed by atoms with Gasteiger partial charge in [-0.25, -0.2) is 13.6 Å². The SMILES string of the molecule is CN(C)C(=O)[C@@H](C1CCC(N2CCN(C)C2=O)CC1)C(N)C(=O)N1CCC(F)(F)C1. The van der Waals surface area contributed by atoms with Gasteiger partial charge in [0.25, 0.3) is 5.92 Å². The van der Waals surface area contributed by atoms with Crippen molar-refractivity contribution in [3.05, 3.63) is 0 Å². The summed E-state index contributed by atoms with van der Waals surface area (Å²) >= 11 is 0. The van der Waals surface area contributed by atoms with E-state index in [9.17, 15) is 23.2 Å². The predicted octanol–water partition coefficient (Wildman–Crippen LogP) is 0.812. The van der Waals surface area contributed by atoms with Crippen molar-refractivity contribution in [3.8, 4) is 0 Å². The number of alkyl halides is 2. The molecule has 3 fully saturated rings. The van der Waals surface area contributed by atoms with Gasteiger partial charge in [0.1, 0.15) is 0 Å². The Morgan fingerprint density at radius 1 is 1.13 bits per heavy atom. The van der Waals surface area contributed by atoms with Crippen LogP contribution in [0.2, 0.25) is 0 Å². The van der Waals surface area contributed by atoms with Gasteiger partial charge in [0.2, 0.25) is 11.8 Å². The first-order chi connectivity index (χ1) is 14.0. The molecule has 0 aromatic carbocycles. The van der Waals surface area contributed by atoms with Crippen LogP contribution in [0.25, 0.3) is 0 Å². The van der Waals surface area contributed by atoms with E-state index in [1.165, 1.54) is 4.90 Å². The number of hydrogen-bond donors (Lipinski definition) is 1. The topological polar surface area (TPSA) is 90.2 Å². The molecule has 30 heavy (non-hydrogen) atoms. The smallest absolute Gasteiger partial charge is 0.320 e. The number of halogens is 2. The number of carbonyl (C=O) groups is 3. The molecule has 1 unspecified atom stereocenters. The van der Waals surface area contributed by atoms with Crippen molar-refractivity contribution in [2.75, 3.05) is 47.3 Å². The Labute approximate surface area is 176 Å². The van der Waals surface area contributed by atoms with Gasteiger partial charge in [0.15, 0.2) is 0 Å². The van der Waals surface area contributed by atoms with Crippen molar-refractivity contribution in [2.24, 2.45) is 17.6 Å². The van der Waals surface area contributed by atoms with Gasteiger partial charge in [-0.05, 0) is 31.6 Å². The van der Waals surface area contributed by atoms with Crippen molar-refractivity contribution in [3.63, 3.8) is 0 Å². The van der Waals surface area contributed by atoms with Crippen molar-refractivity contribution in [2.45, 2.75) is 50.1 Å². The second kappa shape index (κ2) is 8.64. The minimum Gasteiger partial charge on any atom is -0.349 e. The number of nitrogens with zero attached hydrogens (tertiary/aromatic N) is 4. The van der Waals surface area contributed by atoms with E-state index in [0.717, 1.165) is 17.7 Å². The number of carbonyl (C=O) groups excluding carboxylic acids is 3. The molecule has 2 heterocycles. The van der Waals surface area contributed by atoms with E-state index < -0.39 is 30.3 Å². The maximum Gasteiger partial charge on any atom is 0.320 e. The van der Waals surface area contributed by atoms with Crippen LogP contribution in [-0.2, 0) is 9.59 Å². The van der Waals surface area contributed by atoms with Gasteiger partial charge in [0.05, 0.1) is 18.5 Å². The number of rotatable bonds is 5. The summed E-state index contributed by atoms with van der Waals surface area (Å²) < 4.78 is 27.1. The molecule has 2 saturated heterocycles. The molecule has 2 atom stereocenters. The molecule has 1 aliphatic carbocycles. The summed E-state index contributed by atoms with van der Waals surface area (Å²) in [5, 5.41) is 0. The Hall–Kier alpha value is -1.97. The van der Waals surface area contributed by atoms with Gasteiger partial charge in [-0.15, -0.1) is 0 Å². The summed E-state index contributed by atoms with van der Waals surface area (Å²) in [6.07, 6.45) is 2.44. The van der Waals surface area contributed by atoms with Crippen LogP contribution in [0, 0.1) is 11.8 Å². The Bertz CT molecular complexity index is 681. The van der Waals surface area contributed by atoms with E-state index in [1.54, 1.807) is 26.0 Å². The number of amides is 4. The van der Waals surface area contributed by atoms with E-state index >= 15 is 0 Å². The Morgan fingerprint density at radius 3 is 2.23 bits per heavy atom. The molecule has 0 spiro atoms. The summed E-state index contributed by atoms with van der Waals surface area (Å²) in [6, 6.07) is -0.992. The molecule has 2 aliphatic heterocycles. The fourth-order valence-electron chi connectivity index (χ4n) is 5.01. The first-order valence-electron chi connectivity index (χ1n) is 10.7. The van der Waals surface area contributed by atoms with Crippen LogP contribution in [-0.4, -0.2) is 103 Å². The molecule has 3 aliphatic rings. The molecule has 0 bridgehead atoms. The zero-order valence-electron chi connectivity index (χ0n) is 18.0. The van der Waals surface area contributed by atoms with Gasteiger partial charge >= 0.3 is 6.03 Å². The van der Waals surface area contributed by atoms with E-state index in [1.807, 2.05) is 4.90 Å². The first-order valence-corrected chi connectivity index (χ1v) is 10.7. The zero-order valence-corrected chi connectivity index (χ0v) is 18.0. The normalized spacial score (nSPS) is 28.6. The van der Waals surface area contributed by atoms with Crippen LogP contribution < -0.4 is 5.73 Å². The number of nitrogens with two attached hydrogens (primary N) is 1. The van der Waals surface area contributed by atoms with Gasteiger partial charge < -0.3 is 25.3 Å². The Kier molecular flexibility index (Phi) is 6.54. The molecular weight excluding hydrogens is 396 g/mol. The lowest BCUT2D eigenvalue weighted by Gasteiger charge is -2.39. The van der Waals surface area contributed by atoms with E-state index in [4.69, 9.17) is 5.73 Å². The van der Waals surface area contributed by atoms with Gasteiger partial charge in [-0.1, -0.05) is 0 Å². The number of likely N-dealkylation sites (tertiary alicyclic amines) is 1. The maximum absolute atomic E-state index is 13.6. The summed E-state index contributed by atoms with van der Waals surface area (Å²) in [5.41, 5.74) is 6.24. The van der Waals surface area contributed by atoms with Gasteiger partial charge in [0, 0.05) is 53.2 Å². The average molecular weight is 430 g/mol. The third-order valence-electron chi connectivity index (χ3n) is 6.82. The number of urea groups is 1. The fraction of sp³-hybridized carbons (Fsp3) is 0.850. The minimum absolute atomic E-state index is 0.0289. The third-order valence-corrected chi connectivity index (χ3v) is 6.82. The maximum atomic E-state index is 13.6. The molecular formula is C20H33F2N5O3. The summed E-state index contributed by atoms with van der Waals surface area (Å²) in [7, 11) is 5.01. The van der Waals surface area contributed by atoms with Crippen LogP contribution in [0.3, 0.4) is 0 Å². The molecule has 10 heteroatoms.